The van der Waals surface area contributed by atoms with Gasteiger partial charge in [0, 0.05) is 12.3 Å². The molecule has 0 spiro atoms. The Labute approximate surface area is 79.2 Å². The number of hydrogen-bond acceptors (Lipinski definition) is 1. The monoisotopic (exact) mass is 196 g/mol. The molecule has 0 saturated heterocycles. The quantitative estimate of drug-likeness (QED) is 0.692. The molecule has 2 nitrogen and oxygen atoms in total. The van der Waals surface area contributed by atoms with Crippen molar-refractivity contribution in [1.29, 1.82) is 0 Å². The van der Waals surface area contributed by atoms with Crippen molar-refractivity contribution in [2.24, 2.45) is 0 Å². The van der Waals surface area contributed by atoms with Crippen LogP contribution in [0.25, 0.3) is 0 Å². The second-order valence-electron chi connectivity index (χ2n) is 2.53. The molecule has 0 radical (unpaired) electrons. The summed E-state index contributed by atoms with van der Waals surface area (Å²) in [6.07, 6.45) is 0.0868. The smallest absolute Gasteiger partial charge is 0.381 e. The summed E-state index contributed by atoms with van der Waals surface area (Å²) in [5.74, 6) is 1.06. The fourth-order valence-electron chi connectivity index (χ4n) is 0.871. The predicted molar refractivity (Wildman–Crippen MR) is 45.5 cm³/mol. The number of hydrogen-bond donors (Lipinski definition) is 1. The number of benzene rings is 1. The number of carbonyl (C=O) groups is 1. The molecule has 0 unspecified atom stereocenters. The van der Waals surface area contributed by atoms with Crippen molar-refractivity contribution in [2.45, 2.75) is 6.42 Å². The minimum absolute atomic E-state index is 0.0868. The summed E-state index contributed by atoms with van der Waals surface area (Å²) in [6.45, 7) is 0. The summed E-state index contributed by atoms with van der Waals surface area (Å²) in [4.78, 5) is 10.0. The van der Waals surface area contributed by atoms with Crippen molar-refractivity contribution in [3.05, 3.63) is 35.4 Å². The Morgan fingerprint density at radius 1 is 1.36 bits per heavy atom. The molecule has 0 aromatic heterocycles. The van der Waals surface area contributed by atoms with Gasteiger partial charge in [0.25, 0.3) is 0 Å². The van der Waals surface area contributed by atoms with Gasteiger partial charge in [0.15, 0.2) is 11.6 Å². The van der Waals surface area contributed by atoms with E-state index in [1.54, 1.807) is 0 Å². The molecule has 0 bridgehead atoms. The molecule has 0 aliphatic carbocycles. The van der Waals surface area contributed by atoms with Gasteiger partial charge < -0.3 is 5.11 Å². The van der Waals surface area contributed by atoms with E-state index in [4.69, 9.17) is 5.11 Å². The van der Waals surface area contributed by atoms with Crippen molar-refractivity contribution < 1.29 is 18.7 Å². The Bertz CT molecular complexity index is 416. The first-order valence-corrected chi connectivity index (χ1v) is 3.75. The molecule has 4 heteroatoms. The van der Waals surface area contributed by atoms with Gasteiger partial charge >= 0.3 is 5.97 Å². The molecular formula is C10H6F2O2. The van der Waals surface area contributed by atoms with E-state index < -0.39 is 17.6 Å². The van der Waals surface area contributed by atoms with Crippen LogP contribution in [0.1, 0.15) is 5.56 Å². The molecule has 72 valence electrons. The summed E-state index contributed by atoms with van der Waals surface area (Å²) in [6, 6.07) is 3.33. The molecule has 0 aliphatic heterocycles. The van der Waals surface area contributed by atoms with Crippen molar-refractivity contribution in [3.63, 3.8) is 0 Å². The highest BCUT2D eigenvalue weighted by Crippen LogP contribution is 2.08. The fourth-order valence-corrected chi connectivity index (χ4v) is 0.871. The van der Waals surface area contributed by atoms with Crippen molar-refractivity contribution >= 4 is 5.97 Å². The topological polar surface area (TPSA) is 37.3 Å². The minimum Gasteiger partial charge on any atom is -0.472 e. The number of carboxylic acids is 1. The van der Waals surface area contributed by atoms with Gasteiger partial charge in [-0.3, -0.25) is 0 Å². The molecule has 1 N–H and O–H groups in total. The van der Waals surface area contributed by atoms with Crippen LogP contribution in [0.5, 0.6) is 0 Å². The van der Waals surface area contributed by atoms with Crippen LogP contribution in [0.3, 0.4) is 0 Å². The van der Waals surface area contributed by atoms with Gasteiger partial charge in [0.1, 0.15) is 0 Å². The molecule has 0 fully saturated rings. The molecule has 14 heavy (non-hydrogen) atoms. The van der Waals surface area contributed by atoms with E-state index >= 15 is 0 Å². The third-order valence-electron chi connectivity index (χ3n) is 1.47. The maximum absolute atomic E-state index is 12.6. The van der Waals surface area contributed by atoms with Crippen LogP contribution in [0.15, 0.2) is 18.2 Å². The highest BCUT2D eigenvalue weighted by atomic mass is 19.2. The average molecular weight is 196 g/mol. The second-order valence-corrected chi connectivity index (χ2v) is 2.53. The zero-order chi connectivity index (χ0) is 10.6. The van der Waals surface area contributed by atoms with E-state index in [0.29, 0.717) is 5.56 Å². The third kappa shape index (κ3) is 2.87. The van der Waals surface area contributed by atoms with Gasteiger partial charge in [-0.15, -0.1) is 0 Å². The summed E-state index contributed by atoms with van der Waals surface area (Å²) < 4.78 is 25.1. The van der Waals surface area contributed by atoms with Gasteiger partial charge in [0.05, 0.1) is 0 Å². The zero-order valence-corrected chi connectivity index (χ0v) is 7.05. The molecule has 0 amide bonds. The van der Waals surface area contributed by atoms with Crippen LogP contribution < -0.4 is 0 Å². The second kappa shape index (κ2) is 4.38. The van der Waals surface area contributed by atoms with Gasteiger partial charge in [-0.1, -0.05) is 12.0 Å². The highest BCUT2D eigenvalue weighted by molar-refractivity contribution is 5.86. The van der Waals surface area contributed by atoms with Crippen LogP contribution in [0.4, 0.5) is 8.78 Å². The Morgan fingerprint density at radius 3 is 2.64 bits per heavy atom. The normalized spacial score (nSPS) is 9.00. The summed E-state index contributed by atoms with van der Waals surface area (Å²) >= 11 is 0. The highest BCUT2D eigenvalue weighted by Gasteiger charge is 2.00. The van der Waals surface area contributed by atoms with Crippen molar-refractivity contribution in [3.8, 4) is 11.8 Å². The zero-order valence-electron chi connectivity index (χ0n) is 7.05. The first-order valence-electron chi connectivity index (χ1n) is 3.75. The fraction of sp³-hybridized carbons (Fsp3) is 0.100. The Morgan fingerprint density at radius 2 is 2.07 bits per heavy atom. The van der Waals surface area contributed by atoms with Gasteiger partial charge in [0.2, 0.25) is 0 Å². The molecule has 0 heterocycles. The summed E-state index contributed by atoms with van der Waals surface area (Å²) in [5.41, 5.74) is 0.442. The summed E-state index contributed by atoms with van der Waals surface area (Å²) in [5, 5.41) is 8.18. The van der Waals surface area contributed by atoms with E-state index in [-0.39, 0.29) is 6.42 Å². The van der Waals surface area contributed by atoms with Crippen LogP contribution in [0, 0.1) is 23.5 Å². The van der Waals surface area contributed by atoms with Crippen LogP contribution in [-0.4, -0.2) is 11.1 Å². The maximum atomic E-state index is 12.6. The lowest BCUT2D eigenvalue weighted by Gasteiger charge is -1.95. The van der Waals surface area contributed by atoms with Crippen LogP contribution in [-0.2, 0) is 11.2 Å². The lowest BCUT2D eigenvalue weighted by atomic mass is 10.1. The molecular weight excluding hydrogens is 190 g/mol. The standard InChI is InChI=1S/C10H6F2O2/c11-8-5-4-7(6-9(8)12)2-1-3-10(13)14/h4-6H,2H2,(H,13,14). The van der Waals surface area contributed by atoms with Crippen molar-refractivity contribution in [1.82, 2.24) is 0 Å². The first-order chi connectivity index (χ1) is 6.59. The predicted octanol–water partition coefficient (Wildman–Crippen LogP) is 1.60. The maximum Gasteiger partial charge on any atom is 0.381 e. The Kier molecular flexibility index (Phi) is 3.19. The van der Waals surface area contributed by atoms with E-state index in [9.17, 15) is 13.6 Å². The lowest BCUT2D eigenvalue weighted by Crippen LogP contribution is -1.90. The van der Waals surface area contributed by atoms with Gasteiger partial charge in [-0.25, -0.2) is 13.6 Å². The average Bonchev–Trinajstić information content (AvgIpc) is 2.10. The molecule has 1 rings (SSSR count). The molecule has 1 aromatic rings. The Balaban J connectivity index is 2.75. The van der Waals surface area contributed by atoms with Crippen molar-refractivity contribution in [2.75, 3.05) is 0 Å². The largest absolute Gasteiger partial charge is 0.472 e. The van der Waals surface area contributed by atoms with Gasteiger partial charge in [-0.2, -0.15) is 0 Å². The van der Waals surface area contributed by atoms with Crippen LogP contribution >= 0.6 is 0 Å². The first kappa shape index (κ1) is 10.2. The molecule has 0 atom stereocenters. The van der Waals surface area contributed by atoms with E-state index in [1.807, 2.05) is 5.92 Å². The van der Waals surface area contributed by atoms with E-state index in [2.05, 4.69) is 5.92 Å². The van der Waals surface area contributed by atoms with Crippen LogP contribution in [0.2, 0.25) is 0 Å². The molecule has 0 aliphatic rings. The minimum atomic E-state index is -1.24. The van der Waals surface area contributed by atoms with E-state index in [0.717, 1.165) is 12.1 Å². The lowest BCUT2D eigenvalue weighted by molar-refractivity contribution is -0.130. The molecule has 0 saturated carbocycles. The molecule has 1 aromatic carbocycles. The van der Waals surface area contributed by atoms with E-state index in [1.165, 1.54) is 6.07 Å². The number of rotatable bonds is 1. The number of aliphatic carboxylic acids is 1. The SMILES string of the molecule is O=C(O)C#CCc1ccc(F)c(F)c1. The number of halogens is 2. The third-order valence-corrected chi connectivity index (χ3v) is 1.47. The Hall–Kier alpha value is -1.89. The van der Waals surface area contributed by atoms with Gasteiger partial charge in [-0.05, 0) is 17.7 Å². The number of carboxylic acid groups (broad SMARTS) is 1. The summed E-state index contributed by atoms with van der Waals surface area (Å²) in [7, 11) is 0.